The van der Waals surface area contributed by atoms with Gasteiger partial charge in [0.2, 0.25) is 5.91 Å². The summed E-state index contributed by atoms with van der Waals surface area (Å²) in [5.74, 6) is -0.0978. The highest BCUT2D eigenvalue weighted by atomic mass is 16.2. The van der Waals surface area contributed by atoms with Crippen molar-refractivity contribution in [1.29, 1.82) is 0 Å². The van der Waals surface area contributed by atoms with Gasteiger partial charge in [0, 0.05) is 0 Å². The summed E-state index contributed by atoms with van der Waals surface area (Å²) in [6, 6.07) is 16.0. The van der Waals surface area contributed by atoms with Crippen LogP contribution in [0, 0.1) is 13.8 Å². The fraction of sp³-hybridized carbons (Fsp3) is 0.360. The van der Waals surface area contributed by atoms with E-state index in [-0.39, 0.29) is 17.9 Å². The van der Waals surface area contributed by atoms with Gasteiger partial charge in [0.05, 0.1) is 18.7 Å². The van der Waals surface area contributed by atoms with Gasteiger partial charge in [-0.3, -0.25) is 9.59 Å². The summed E-state index contributed by atoms with van der Waals surface area (Å²) in [5, 5.41) is 0. The molecule has 0 unspecified atom stereocenters. The number of rotatable bonds is 5. The molecule has 2 aliphatic rings. The highest BCUT2D eigenvalue weighted by Gasteiger charge is 2.47. The molecule has 0 bridgehead atoms. The number of piperazine rings is 1. The minimum absolute atomic E-state index is 0.0330. The van der Waals surface area contributed by atoms with Gasteiger partial charge in [-0.05, 0) is 37.1 Å². The van der Waals surface area contributed by atoms with Gasteiger partial charge in [-0.1, -0.05) is 54.1 Å². The van der Waals surface area contributed by atoms with Gasteiger partial charge in [0.1, 0.15) is 26.2 Å². The summed E-state index contributed by atoms with van der Waals surface area (Å²) >= 11 is 0. The molecule has 5 heteroatoms. The van der Waals surface area contributed by atoms with E-state index in [0.29, 0.717) is 6.42 Å². The van der Waals surface area contributed by atoms with E-state index < -0.39 is 0 Å². The standard InChI is InChI=1S/C25H29N3O2/c1-19-10-11-22(20(2)17-19)28-24(29)18-23(25(28)30)27-15-13-26(14-16-27)12-6-9-21-7-4-3-5-8-21/h3-11,17,23H,12-16,18H2,1-2H3/p+2/b9-6+/t23-/m1/s1. The summed E-state index contributed by atoms with van der Waals surface area (Å²) in [4.78, 5) is 30.0. The second kappa shape index (κ2) is 8.94. The minimum Gasteiger partial charge on any atom is -0.322 e. The highest BCUT2D eigenvalue weighted by molar-refractivity contribution is 6.22. The zero-order valence-corrected chi connectivity index (χ0v) is 17.9. The molecule has 156 valence electrons. The summed E-state index contributed by atoms with van der Waals surface area (Å²) in [6.45, 7) is 8.89. The van der Waals surface area contributed by atoms with Crippen LogP contribution in [0.4, 0.5) is 5.69 Å². The Morgan fingerprint density at radius 1 is 1.00 bits per heavy atom. The molecule has 0 spiro atoms. The Balaban J connectivity index is 1.34. The van der Waals surface area contributed by atoms with Crippen LogP contribution >= 0.6 is 0 Å². The summed E-state index contributed by atoms with van der Waals surface area (Å²) < 4.78 is 0. The lowest BCUT2D eigenvalue weighted by atomic mass is 10.1. The van der Waals surface area contributed by atoms with Gasteiger partial charge in [0.25, 0.3) is 5.91 Å². The van der Waals surface area contributed by atoms with Crippen molar-refractivity contribution in [2.45, 2.75) is 26.3 Å². The Morgan fingerprint density at radius 2 is 1.73 bits per heavy atom. The molecule has 4 rings (SSSR count). The number of carbonyl (C=O) groups is 2. The van der Waals surface area contributed by atoms with Crippen molar-refractivity contribution in [1.82, 2.24) is 0 Å². The molecule has 2 aromatic rings. The van der Waals surface area contributed by atoms with Crippen LogP contribution in [0.2, 0.25) is 0 Å². The van der Waals surface area contributed by atoms with E-state index in [4.69, 9.17) is 0 Å². The SMILES string of the molecule is Cc1ccc(N2C(=O)C[C@@H]([NH+]3CC[NH+](C/C=C/c4ccccc4)CC3)C2=O)c(C)c1. The molecule has 2 aliphatic heterocycles. The third kappa shape index (κ3) is 4.37. The number of nitrogens with zero attached hydrogens (tertiary/aromatic N) is 1. The second-order valence-corrected chi connectivity index (χ2v) is 8.54. The smallest absolute Gasteiger partial charge is 0.292 e. The molecule has 30 heavy (non-hydrogen) atoms. The quantitative estimate of drug-likeness (QED) is 0.709. The van der Waals surface area contributed by atoms with Crippen LogP contribution in [0.1, 0.15) is 23.1 Å². The van der Waals surface area contributed by atoms with Crippen LogP contribution in [-0.2, 0) is 9.59 Å². The van der Waals surface area contributed by atoms with Gasteiger partial charge in [0.15, 0.2) is 6.04 Å². The number of anilines is 1. The average molecular weight is 406 g/mol. The Labute approximate surface area is 178 Å². The monoisotopic (exact) mass is 405 g/mol. The molecule has 2 saturated heterocycles. The number of imide groups is 1. The molecule has 1 atom stereocenters. The van der Waals surface area contributed by atoms with E-state index in [1.54, 1.807) is 0 Å². The maximum Gasteiger partial charge on any atom is 0.292 e. The highest BCUT2D eigenvalue weighted by Crippen LogP contribution is 2.26. The molecule has 2 amide bonds. The number of aryl methyl sites for hydroxylation is 2. The molecule has 0 radical (unpaired) electrons. The molecule has 5 nitrogen and oxygen atoms in total. The van der Waals surface area contributed by atoms with Crippen molar-refractivity contribution in [2.75, 3.05) is 37.6 Å². The van der Waals surface area contributed by atoms with Gasteiger partial charge < -0.3 is 9.80 Å². The first-order valence-corrected chi connectivity index (χ1v) is 10.9. The van der Waals surface area contributed by atoms with Crippen molar-refractivity contribution in [3.63, 3.8) is 0 Å². The molecule has 0 aromatic heterocycles. The van der Waals surface area contributed by atoms with Crippen LogP contribution in [0.15, 0.2) is 54.6 Å². The molecule has 2 aromatic carbocycles. The third-order valence-corrected chi connectivity index (χ3v) is 6.35. The Bertz CT molecular complexity index is 946. The predicted octanol–water partition coefficient (Wildman–Crippen LogP) is 0.432. The normalized spacial score (nSPS) is 24.7. The van der Waals surface area contributed by atoms with Crippen molar-refractivity contribution in [3.05, 3.63) is 71.3 Å². The number of carbonyl (C=O) groups excluding carboxylic acids is 2. The Hall–Kier alpha value is -2.76. The first kappa shape index (κ1) is 20.5. The topological polar surface area (TPSA) is 46.3 Å². The van der Waals surface area contributed by atoms with Crippen LogP contribution in [-0.4, -0.2) is 50.6 Å². The Kier molecular flexibility index (Phi) is 6.11. The van der Waals surface area contributed by atoms with Crippen molar-refractivity contribution < 1.29 is 19.4 Å². The maximum absolute atomic E-state index is 13.1. The fourth-order valence-electron chi connectivity index (χ4n) is 4.66. The first-order chi connectivity index (χ1) is 14.5. The molecule has 2 heterocycles. The zero-order valence-electron chi connectivity index (χ0n) is 17.9. The van der Waals surface area contributed by atoms with Crippen molar-refractivity contribution >= 4 is 23.6 Å². The van der Waals surface area contributed by atoms with Gasteiger partial charge in [-0.2, -0.15) is 0 Å². The van der Waals surface area contributed by atoms with Crippen molar-refractivity contribution in [3.8, 4) is 0 Å². The first-order valence-electron chi connectivity index (χ1n) is 10.9. The van der Waals surface area contributed by atoms with Crippen LogP contribution in [0.25, 0.3) is 6.08 Å². The van der Waals surface area contributed by atoms with E-state index in [9.17, 15) is 9.59 Å². The van der Waals surface area contributed by atoms with Crippen molar-refractivity contribution in [2.24, 2.45) is 0 Å². The molecule has 2 fully saturated rings. The number of nitrogens with one attached hydrogen (secondary N) is 2. The van der Waals surface area contributed by atoms with Gasteiger partial charge >= 0.3 is 0 Å². The lowest BCUT2D eigenvalue weighted by Crippen LogP contribution is -3.30. The average Bonchev–Trinajstić information content (AvgIpc) is 3.04. The summed E-state index contributed by atoms with van der Waals surface area (Å²) in [7, 11) is 0. The number of hydrogen-bond acceptors (Lipinski definition) is 2. The van der Waals surface area contributed by atoms with E-state index in [1.807, 2.05) is 38.1 Å². The zero-order chi connectivity index (χ0) is 21.1. The number of amides is 2. The molecule has 0 saturated carbocycles. The second-order valence-electron chi connectivity index (χ2n) is 8.54. The third-order valence-electron chi connectivity index (χ3n) is 6.35. The predicted molar refractivity (Wildman–Crippen MR) is 119 cm³/mol. The van der Waals surface area contributed by atoms with Crippen LogP contribution in [0.3, 0.4) is 0 Å². The number of quaternary nitrogens is 2. The lowest BCUT2D eigenvalue weighted by molar-refractivity contribution is -1.02. The summed E-state index contributed by atoms with van der Waals surface area (Å²) in [5.41, 5.74) is 4.08. The minimum atomic E-state index is -0.236. The van der Waals surface area contributed by atoms with E-state index in [1.165, 1.54) is 20.3 Å². The van der Waals surface area contributed by atoms with Gasteiger partial charge in [-0.25, -0.2) is 4.90 Å². The summed E-state index contributed by atoms with van der Waals surface area (Å²) in [6.07, 6.45) is 4.74. The maximum atomic E-state index is 13.1. The molecule has 0 aliphatic carbocycles. The largest absolute Gasteiger partial charge is 0.322 e. The number of benzene rings is 2. The Morgan fingerprint density at radius 3 is 2.43 bits per heavy atom. The molecular formula is C25H31N3O2+2. The number of hydrogen-bond donors (Lipinski definition) is 2. The molecule has 2 N–H and O–H groups in total. The van der Waals surface area contributed by atoms with E-state index in [2.05, 4.69) is 36.4 Å². The molecular weight excluding hydrogens is 374 g/mol. The van der Waals surface area contributed by atoms with E-state index >= 15 is 0 Å². The van der Waals surface area contributed by atoms with Gasteiger partial charge in [-0.15, -0.1) is 0 Å². The van der Waals surface area contributed by atoms with Crippen LogP contribution < -0.4 is 14.7 Å². The fourth-order valence-corrected chi connectivity index (χ4v) is 4.66. The van der Waals surface area contributed by atoms with E-state index in [0.717, 1.165) is 49.5 Å². The van der Waals surface area contributed by atoms with Crippen LogP contribution in [0.5, 0.6) is 0 Å². The lowest BCUT2D eigenvalue weighted by Gasteiger charge is -2.31.